The van der Waals surface area contributed by atoms with Crippen LogP contribution in [0.2, 0.25) is 0 Å². The fourth-order valence-corrected chi connectivity index (χ4v) is 1.85. The van der Waals surface area contributed by atoms with Crippen LogP contribution in [0.15, 0.2) is 0 Å². The molecule has 14 heavy (non-hydrogen) atoms. The Morgan fingerprint density at radius 1 is 1.50 bits per heavy atom. The molecule has 0 aromatic rings. The van der Waals surface area contributed by atoms with Gasteiger partial charge in [-0.1, -0.05) is 0 Å². The number of carbonyl (C=O) groups is 2. The van der Waals surface area contributed by atoms with Crippen LogP contribution < -0.4 is 0 Å². The van der Waals surface area contributed by atoms with Gasteiger partial charge in [-0.15, -0.1) is 4.52 Å². The highest BCUT2D eigenvalue weighted by Gasteiger charge is 2.58. The number of hydrogen-bond acceptors (Lipinski definition) is 5. The molecule has 78 valence electrons. The lowest BCUT2D eigenvalue weighted by molar-refractivity contribution is -0.132. The average molecular weight is 220 g/mol. The third kappa shape index (κ3) is 1.76. The summed E-state index contributed by atoms with van der Waals surface area (Å²) in [5, 5.41) is 0. The van der Waals surface area contributed by atoms with Crippen molar-refractivity contribution in [3.8, 4) is 0 Å². The quantitative estimate of drug-likeness (QED) is 0.673. The molecule has 1 heterocycles. The molecule has 0 bridgehead atoms. The van der Waals surface area contributed by atoms with Crippen molar-refractivity contribution in [2.45, 2.75) is 26.4 Å². The lowest BCUT2D eigenvalue weighted by Crippen LogP contribution is -2.32. The molecular formula is C7H11NO5P+. The zero-order chi connectivity index (χ0) is 10.9. The van der Waals surface area contributed by atoms with E-state index in [1.807, 2.05) is 0 Å². The number of hydrogen-bond donors (Lipinski definition) is 0. The van der Waals surface area contributed by atoms with E-state index in [4.69, 9.17) is 4.74 Å². The van der Waals surface area contributed by atoms with Crippen LogP contribution in [0, 0.1) is 0 Å². The first-order valence-corrected chi connectivity index (χ1v) is 5.20. The van der Waals surface area contributed by atoms with Crippen molar-refractivity contribution in [1.29, 1.82) is 0 Å². The highest BCUT2D eigenvalue weighted by molar-refractivity contribution is 7.38. The lowest BCUT2D eigenvalue weighted by atomic mass is 10.1. The monoisotopic (exact) mass is 220 g/mol. The van der Waals surface area contributed by atoms with Crippen molar-refractivity contribution in [2.75, 3.05) is 6.61 Å². The highest BCUT2D eigenvalue weighted by Crippen LogP contribution is 2.37. The number of rotatable bonds is 3. The molecule has 2 amide bonds. The van der Waals surface area contributed by atoms with Crippen molar-refractivity contribution in [2.24, 2.45) is 0 Å². The Kier molecular flexibility index (Phi) is 2.87. The molecule has 0 saturated carbocycles. The highest BCUT2D eigenvalue weighted by atomic mass is 31.1. The minimum Gasteiger partial charge on any atom is -0.430 e. The van der Waals surface area contributed by atoms with Crippen LogP contribution in [0.4, 0.5) is 4.79 Å². The smallest absolute Gasteiger partial charge is 0.430 e. The standard InChI is InChI=1S/C7H11NO5P/c1-4-12-14(11)8-5(9)7(2,3)13-6(8)10/h4H2,1-3H3/q+1. The second-order valence-corrected chi connectivity index (χ2v) is 4.28. The molecule has 0 aromatic heterocycles. The van der Waals surface area contributed by atoms with Crippen molar-refractivity contribution in [1.82, 2.24) is 4.67 Å². The summed E-state index contributed by atoms with van der Waals surface area (Å²) in [6, 6.07) is 0. The Balaban J connectivity index is 2.86. The van der Waals surface area contributed by atoms with Gasteiger partial charge in [0.25, 0.3) is 0 Å². The van der Waals surface area contributed by atoms with Crippen molar-refractivity contribution < 1.29 is 23.4 Å². The molecule has 0 radical (unpaired) electrons. The molecule has 1 fully saturated rings. The second-order valence-electron chi connectivity index (χ2n) is 3.15. The topological polar surface area (TPSA) is 72.9 Å². The summed E-state index contributed by atoms with van der Waals surface area (Å²) in [4.78, 5) is 22.6. The molecule has 1 atom stereocenters. The van der Waals surface area contributed by atoms with Crippen LogP contribution in [0.3, 0.4) is 0 Å². The SMILES string of the molecule is CCO[P+](=O)N1C(=O)OC(C)(C)C1=O. The maximum Gasteiger partial charge on any atom is 0.659 e. The second kappa shape index (κ2) is 3.63. The van der Waals surface area contributed by atoms with Gasteiger partial charge in [0.2, 0.25) is 0 Å². The molecule has 7 heteroatoms. The number of cyclic esters (lactones) is 1. The normalized spacial score (nSPS) is 21.1. The van der Waals surface area contributed by atoms with E-state index >= 15 is 0 Å². The molecule has 1 unspecified atom stereocenters. The Morgan fingerprint density at radius 2 is 2.07 bits per heavy atom. The number of ether oxygens (including phenoxy) is 1. The molecule has 1 aliphatic heterocycles. The maximum absolute atomic E-state index is 11.5. The summed E-state index contributed by atoms with van der Waals surface area (Å²) in [5.74, 6) is -0.642. The van der Waals surface area contributed by atoms with E-state index in [1.165, 1.54) is 13.8 Å². The van der Waals surface area contributed by atoms with Crippen LogP contribution in [0.5, 0.6) is 0 Å². The summed E-state index contributed by atoms with van der Waals surface area (Å²) in [6.45, 7) is 4.64. The van der Waals surface area contributed by atoms with Gasteiger partial charge in [0, 0.05) is 9.24 Å². The van der Waals surface area contributed by atoms with Crippen LogP contribution in [-0.4, -0.2) is 28.9 Å². The first-order valence-electron chi connectivity index (χ1n) is 4.07. The molecule has 1 saturated heterocycles. The van der Waals surface area contributed by atoms with Gasteiger partial charge in [0.05, 0.1) is 0 Å². The molecular weight excluding hydrogens is 209 g/mol. The Morgan fingerprint density at radius 3 is 2.43 bits per heavy atom. The maximum atomic E-state index is 11.5. The fourth-order valence-electron chi connectivity index (χ4n) is 0.952. The van der Waals surface area contributed by atoms with Crippen LogP contribution in [0.25, 0.3) is 0 Å². The van der Waals surface area contributed by atoms with Crippen molar-refractivity contribution >= 4 is 20.2 Å². The van der Waals surface area contributed by atoms with E-state index in [0.29, 0.717) is 4.67 Å². The molecule has 1 aliphatic rings. The van der Waals surface area contributed by atoms with E-state index in [9.17, 15) is 14.2 Å². The Labute approximate surface area is 82.1 Å². The van der Waals surface area contributed by atoms with E-state index in [1.54, 1.807) is 6.92 Å². The summed E-state index contributed by atoms with van der Waals surface area (Å²) in [6.07, 6.45) is -0.922. The zero-order valence-electron chi connectivity index (χ0n) is 8.14. The first kappa shape index (κ1) is 11.1. The van der Waals surface area contributed by atoms with Crippen molar-refractivity contribution in [3.05, 3.63) is 0 Å². The molecule has 1 rings (SSSR count). The minimum absolute atomic E-state index is 0.159. The molecule has 0 aliphatic carbocycles. The predicted molar refractivity (Wildman–Crippen MR) is 46.6 cm³/mol. The van der Waals surface area contributed by atoms with Crippen LogP contribution in [-0.2, 0) is 18.6 Å². The van der Waals surface area contributed by atoms with Gasteiger partial charge in [0.1, 0.15) is 6.61 Å². The summed E-state index contributed by atoms with van der Waals surface area (Å²) < 4.78 is 21.2. The minimum atomic E-state index is -2.46. The molecule has 0 spiro atoms. The summed E-state index contributed by atoms with van der Waals surface area (Å²) >= 11 is 0. The number of amides is 2. The third-order valence-corrected chi connectivity index (χ3v) is 2.78. The fraction of sp³-hybridized carbons (Fsp3) is 0.714. The van der Waals surface area contributed by atoms with Gasteiger partial charge in [-0.25, -0.2) is 4.79 Å². The Hall–Kier alpha value is -1.00. The van der Waals surface area contributed by atoms with E-state index in [-0.39, 0.29) is 6.61 Å². The zero-order valence-corrected chi connectivity index (χ0v) is 9.04. The number of nitrogens with zero attached hydrogens (tertiary/aromatic N) is 1. The van der Waals surface area contributed by atoms with Gasteiger partial charge in [-0.2, -0.15) is 0 Å². The van der Waals surface area contributed by atoms with Gasteiger partial charge in [-0.05, 0) is 20.8 Å². The summed E-state index contributed by atoms with van der Waals surface area (Å²) in [7, 11) is -2.46. The van der Waals surface area contributed by atoms with Gasteiger partial charge >= 0.3 is 20.2 Å². The summed E-state index contributed by atoms with van der Waals surface area (Å²) in [5.41, 5.74) is -1.25. The van der Waals surface area contributed by atoms with Gasteiger partial charge in [-0.3, -0.25) is 4.79 Å². The number of carbonyl (C=O) groups excluding carboxylic acids is 2. The van der Waals surface area contributed by atoms with Crippen LogP contribution in [0.1, 0.15) is 20.8 Å². The van der Waals surface area contributed by atoms with E-state index < -0.39 is 25.8 Å². The number of imide groups is 1. The average Bonchev–Trinajstić information content (AvgIpc) is 2.22. The van der Waals surface area contributed by atoms with Crippen molar-refractivity contribution in [3.63, 3.8) is 0 Å². The predicted octanol–water partition coefficient (Wildman–Crippen LogP) is 1.44. The Bertz CT molecular complexity index is 300. The van der Waals surface area contributed by atoms with Gasteiger partial charge < -0.3 is 4.74 Å². The molecule has 0 N–H and O–H groups in total. The first-order chi connectivity index (χ1) is 6.40. The van der Waals surface area contributed by atoms with Gasteiger partial charge in [0.15, 0.2) is 5.60 Å². The lowest BCUT2D eigenvalue weighted by Gasteiger charge is -2.09. The molecule has 6 nitrogen and oxygen atoms in total. The molecule has 0 aromatic carbocycles. The largest absolute Gasteiger partial charge is 0.659 e. The van der Waals surface area contributed by atoms with E-state index in [0.717, 1.165) is 0 Å². The van der Waals surface area contributed by atoms with Crippen LogP contribution >= 0.6 is 8.18 Å². The van der Waals surface area contributed by atoms with E-state index in [2.05, 4.69) is 4.52 Å². The third-order valence-electron chi connectivity index (χ3n) is 1.63.